The maximum Gasteiger partial charge on any atom is 0.411 e. The molecule has 0 bridgehead atoms. The van der Waals surface area contributed by atoms with E-state index in [1.807, 2.05) is 0 Å². The Hall–Kier alpha value is -1.80. The van der Waals surface area contributed by atoms with Crippen molar-refractivity contribution in [1.29, 1.82) is 0 Å². The first kappa shape index (κ1) is 21.5. The van der Waals surface area contributed by atoms with Gasteiger partial charge in [0.05, 0.1) is 21.8 Å². The lowest BCUT2D eigenvalue weighted by Gasteiger charge is -2.27. The number of nitrogens with zero attached hydrogens (tertiary/aromatic N) is 1. The molecule has 1 aliphatic heterocycles. The number of halogens is 1. The number of hydrogen-bond acceptors (Lipinski definition) is 6. The first-order chi connectivity index (χ1) is 12.5. The lowest BCUT2D eigenvalue weighted by atomic mass is 10.2. The van der Waals surface area contributed by atoms with Gasteiger partial charge < -0.3 is 9.47 Å². The molecule has 2 rings (SSSR count). The Morgan fingerprint density at radius 3 is 2.44 bits per heavy atom. The summed E-state index contributed by atoms with van der Waals surface area (Å²) in [6.45, 7) is 6.67. The van der Waals surface area contributed by atoms with Crippen molar-refractivity contribution in [1.82, 2.24) is 4.90 Å². The zero-order valence-corrected chi connectivity index (χ0v) is 17.3. The second-order valence-electron chi connectivity index (χ2n) is 7.23. The number of amides is 1. The summed E-state index contributed by atoms with van der Waals surface area (Å²) in [7, 11) is -3.85. The number of carbonyl (C=O) groups is 2. The molecule has 1 saturated heterocycles. The zero-order chi connectivity index (χ0) is 20.4. The lowest BCUT2D eigenvalue weighted by Crippen LogP contribution is -2.44. The van der Waals surface area contributed by atoms with Gasteiger partial charge in [-0.1, -0.05) is 23.7 Å². The van der Waals surface area contributed by atoms with Crippen LogP contribution in [-0.2, 0) is 24.1 Å². The average molecular weight is 418 g/mol. The number of rotatable bonds is 4. The predicted octanol–water partition coefficient (Wildman–Crippen LogP) is 3.05. The van der Waals surface area contributed by atoms with Crippen LogP contribution in [0.4, 0.5) is 4.79 Å². The molecule has 27 heavy (non-hydrogen) atoms. The van der Waals surface area contributed by atoms with Crippen molar-refractivity contribution >= 4 is 33.5 Å². The molecule has 0 radical (unpaired) electrons. The monoisotopic (exact) mass is 417 g/mol. The minimum absolute atomic E-state index is 0.0229. The highest BCUT2D eigenvalue weighted by molar-refractivity contribution is 7.92. The van der Waals surface area contributed by atoms with Crippen LogP contribution in [-0.4, -0.2) is 55.4 Å². The van der Waals surface area contributed by atoms with Gasteiger partial charge in [-0.2, -0.15) is 0 Å². The fourth-order valence-corrected chi connectivity index (χ4v) is 5.08. The number of benzene rings is 1. The standard InChI is InChI=1S/C18H24ClNO6S/c1-5-25-16(21)14-10-12(11-20(14)17(22)26-18(2,3)4)27(23,24)15-9-7-6-8-13(15)19/h6-9,12,14H,5,10-11H2,1-4H3/t12-,14+/m0/s1. The van der Waals surface area contributed by atoms with E-state index in [1.54, 1.807) is 39.8 Å². The second-order valence-corrected chi connectivity index (χ2v) is 9.84. The third kappa shape index (κ3) is 4.93. The molecule has 9 heteroatoms. The van der Waals surface area contributed by atoms with E-state index in [9.17, 15) is 18.0 Å². The molecule has 150 valence electrons. The maximum atomic E-state index is 13.0. The van der Waals surface area contributed by atoms with E-state index < -0.39 is 38.8 Å². The number of carbonyl (C=O) groups excluding carboxylic acids is 2. The van der Waals surface area contributed by atoms with Crippen molar-refractivity contribution in [2.75, 3.05) is 13.2 Å². The summed E-state index contributed by atoms with van der Waals surface area (Å²) in [4.78, 5) is 25.9. The van der Waals surface area contributed by atoms with Gasteiger partial charge in [0.15, 0.2) is 9.84 Å². The quantitative estimate of drug-likeness (QED) is 0.699. The molecule has 1 aromatic rings. The molecule has 0 N–H and O–H groups in total. The van der Waals surface area contributed by atoms with E-state index in [0.29, 0.717) is 0 Å². The lowest BCUT2D eigenvalue weighted by molar-refractivity contribution is -0.148. The summed E-state index contributed by atoms with van der Waals surface area (Å²) >= 11 is 6.05. The molecule has 1 aliphatic rings. The second kappa shape index (κ2) is 8.06. The Labute approximate surface area is 164 Å². The van der Waals surface area contributed by atoms with Crippen molar-refractivity contribution in [3.8, 4) is 0 Å². The Balaban J connectivity index is 2.34. The molecule has 0 unspecified atom stereocenters. The van der Waals surface area contributed by atoms with Gasteiger partial charge in [0, 0.05) is 6.54 Å². The molecule has 7 nitrogen and oxygen atoms in total. The average Bonchev–Trinajstić information content (AvgIpc) is 3.00. The SMILES string of the molecule is CCOC(=O)[C@H]1C[C@H](S(=O)(=O)c2ccccc2Cl)CN1C(=O)OC(C)(C)C. The molecular weight excluding hydrogens is 394 g/mol. The van der Waals surface area contributed by atoms with Gasteiger partial charge in [-0.25, -0.2) is 18.0 Å². The van der Waals surface area contributed by atoms with Crippen molar-refractivity contribution < 1.29 is 27.5 Å². The number of likely N-dealkylation sites (tertiary alicyclic amines) is 1. The number of ether oxygens (including phenoxy) is 2. The van der Waals surface area contributed by atoms with E-state index in [-0.39, 0.29) is 29.5 Å². The molecule has 1 aromatic carbocycles. The van der Waals surface area contributed by atoms with Crippen molar-refractivity contribution in [2.24, 2.45) is 0 Å². The summed E-state index contributed by atoms with van der Waals surface area (Å²) in [6, 6.07) is 5.07. The molecular formula is C18H24ClNO6S. The summed E-state index contributed by atoms with van der Waals surface area (Å²) in [5.41, 5.74) is -0.782. The highest BCUT2D eigenvalue weighted by Crippen LogP contribution is 2.32. The highest BCUT2D eigenvalue weighted by Gasteiger charge is 2.47. The summed E-state index contributed by atoms with van der Waals surface area (Å²) in [5.74, 6) is -0.653. The molecule has 1 heterocycles. The van der Waals surface area contributed by atoms with Gasteiger partial charge >= 0.3 is 12.1 Å². The molecule has 1 fully saturated rings. The van der Waals surface area contributed by atoms with Gasteiger partial charge in [-0.3, -0.25) is 4.90 Å². The van der Waals surface area contributed by atoms with Crippen LogP contribution < -0.4 is 0 Å². The summed E-state index contributed by atoms with van der Waals surface area (Å²) in [5, 5.41) is -0.889. The molecule has 0 saturated carbocycles. The van der Waals surface area contributed by atoms with Crippen LogP contribution in [0.3, 0.4) is 0 Å². The van der Waals surface area contributed by atoms with E-state index in [0.717, 1.165) is 4.90 Å². The van der Waals surface area contributed by atoms with E-state index >= 15 is 0 Å². The van der Waals surface area contributed by atoms with Crippen molar-refractivity contribution in [3.05, 3.63) is 29.3 Å². The van der Waals surface area contributed by atoms with Crippen LogP contribution in [0.15, 0.2) is 29.2 Å². The molecule has 1 amide bonds. The summed E-state index contributed by atoms with van der Waals surface area (Å²) in [6.07, 6.45) is -0.830. The van der Waals surface area contributed by atoms with Crippen LogP contribution >= 0.6 is 11.6 Å². The third-order valence-electron chi connectivity index (χ3n) is 4.03. The molecule has 2 atom stereocenters. The van der Waals surface area contributed by atoms with Gasteiger partial charge in [0.1, 0.15) is 11.6 Å². The number of sulfone groups is 1. The minimum atomic E-state index is -3.85. The minimum Gasteiger partial charge on any atom is -0.464 e. The van der Waals surface area contributed by atoms with Crippen LogP contribution in [0, 0.1) is 0 Å². The molecule has 0 spiro atoms. The zero-order valence-electron chi connectivity index (χ0n) is 15.8. The van der Waals surface area contributed by atoms with Crippen LogP contribution in [0.5, 0.6) is 0 Å². The van der Waals surface area contributed by atoms with Gasteiger partial charge in [-0.15, -0.1) is 0 Å². The van der Waals surface area contributed by atoms with E-state index in [2.05, 4.69) is 0 Å². The Kier molecular flexibility index (Phi) is 6.42. The van der Waals surface area contributed by atoms with E-state index in [4.69, 9.17) is 21.1 Å². The van der Waals surface area contributed by atoms with Gasteiger partial charge in [0.2, 0.25) is 0 Å². The predicted molar refractivity (Wildman–Crippen MR) is 100 cm³/mol. The maximum absolute atomic E-state index is 13.0. The Morgan fingerprint density at radius 1 is 1.26 bits per heavy atom. The van der Waals surface area contributed by atoms with Crippen molar-refractivity contribution in [3.63, 3.8) is 0 Å². The molecule has 0 aliphatic carbocycles. The van der Waals surface area contributed by atoms with Crippen LogP contribution in [0.25, 0.3) is 0 Å². The number of esters is 1. The van der Waals surface area contributed by atoms with E-state index in [1.165, 1.54) is 12.1 Å². The first-order valence-corrected chi connectivity index (χ1v) is 10.5. The Morgan fingerprint density at radius 2 is 1.89 bits per heavy atom. The topological polar surface area (TPSA) is 90.0 Å². The largest absolute Gasteiger partial charge is 0.464 e. The van der Waals surface area contributed by atoms with Crippen molar-refractivity contribution in [2.45, 2.75) is 55.9 Å². The van der Waals surface area contributed by atoms with Crippen LogP contribution in [0.1, 0.15) is 34.1 Å². The van der Waals surface area contributed by atoms with Crippen LogP contribution in [0.2, 0.25) is 5.02 Å². The fraction of sp³-hybridized carbons (Fsp3) is 0.556. The number of hydrogen-bond donors (Lipinski definition) is 0. The van der Waals surface area contributed by atoms with Gasteiger partial charge in [-0.05, 0) is 46.2 Å². The molecule has 0 aromatic heterocycles. The third-order valence-corrected chi connectivity index (χ3v) is 6.66. The van der Waals surface area contributed by atoms with Gasteiger partial charge in [0.25, 0.3) is 0 Å². The summed E-state index contributed by atoms with van der Waals surface area (Å²) < 4.78 is 36.4. The highest BCUT2D eigenvalue weighted by atomic mass is 35.5. The Bertz CT molecular complexity index is 817. The fourth-order valence-electron chi connectivity index (χ4n) is 2.86. The first-order valence-electron chi connectivity index (χ1n) is 8.62. The normalized spacial score (nSPS) is 20.4. The smallest absolute Gasteiger partial charge is 0.411 e.